The molecule has 7 nitrogen and oxygen atoms in total. The number of aryl methyl sites for hydroxylation is 1. The van der Waals surface area contributed by atoms with Crippen LogP contribution in [-0.4, -0.2) is 50.0 Å². The van der Waals surface area contributed by atoms with Gasteiger partial charge in [-0.05, 0) is 67.1 Å². The van der Waals surface area contributed by atoms with Crippen molar-refractivity contribution in [1.82, 2.24) is 10.2 Å². The Morgan fingerprint density at radius 3 is 2.31 bits per heavy atom. The predicted octanol–water partition coefficient (Wildman–Crippen LogP) is 6.00. The van der Waals surface area contributed by atoms with Gasteiger partial charge in [0.05, 0.1) is 11.9 Å². The number of hydrogen-bond donors (Lipinski definition) is 1. The van der Waals surface area contributed by atoms with Crippen molar-refractivity contribution < 1.29 is 18.0 Å². The van der Waals surface area contributed by atoms with Gasteiger partial charge in [-0.1, -0.05) is 83.4 Å². The molecule has 0 radical (unpaired) electrons. The third-order valence-corrected chi connectivity index (χ3v) is 9.34. The van der Waals surface area contributed by atoms with E-state index in [1.165, 1.54) is 10.6 Å². The molecule has 0 saturated heterocycles. The minimum atomic E-state index is -3.55. The molecule has 3 aromatic rings. The van der Waals surface area contributed by atoms with Crippen LogP contribution in [0.4, 0.5) is 5.69 Å². The Kier molecular flexibility index (Phi) is 11.2. The van der Waals surface area contributed by atoms with Crippen molar-refractivity contribution in [3.8, 4) is 0 Å². The first-order chi connectivity index (χ1) is 20.1. The van der Waals surface area contributed by atoms with Crippen LogP contribution in [-0.2, 0) is 32.6 Å². The minimum Gasteiger partial charge on any atom is -0.352 e. The normalized spacial score (nSPS) is 14.4. The Morgan fingerprint density at radius 2 is 1.64 bits per heavy atom. The minimum absolute atomic E-state index is 0.105. The number of rotatable bonds is 13. The highest BCUT2D eigenvalue weighted by Crippen LogP contribution is 2.23. The van der Waals surface area contributed by atoms with Crippen LogP contribution in [0.5, 0.6) is 0 Å². The maximum Gasteiger partial charge on any atom is 0.243 e. The number of carbonyl (C=O) groups is 2. The summed E-state index contributed by atoms with van der Waals surface area (Å²) in [6.45, 7) is 2.34. The van der Waals surface area contributed by atoms with Crippen molar-refractivity contribution in [2.24, 2.45) is 0 Å². The molecule has 224 valence electrons. The standard InChI is InChI=1S/C33H40BrN3O4S/c1-25-11-8-18-30(21-25)37(42(2,40)41)20-10-19-32(38)36(24-27-14-9-15-28(34)22-27)31(23-26-12-4-3-5-13-26)33(39)35-29-16-6-7-17-29/h3-5,8-9,11-15,18,21-22,29,31H,6-7,10,16-17,19-20,23-24H2,1-2H3,(H,35,39)/t31-/m0/s1. The van der Waals surface area contributed by atoms with Crippen molar-refractivity contribution in [2.75, 3.05) is 17.1 Å². The monoisotopic (exact) mass is 653 g/mol. The van der Waals surface area contributed by atoms with Gasteiger partial charge in [0.15, 0.2) is 0 Å². The maximum absolute atomic E-state index is 14.0. The van der Waals surface area contributed by atoms with Crippen molar-refractivity contribution in [1.29, 1.82) is 0 Å². The summed E-state index contributed by atoms with van der Waals surface area (Å²) in [7, 11) is -3.55. The molecular weight excluding hydrogens is 614 g/mol. The molecule has 4 rings (SSSR count). The second kappa shape index (κ2) is 14.8. The molecule has 42 heavy (non-hydrogen) atoms. The Bertz CT molecular complexity index is 1460. The zero-order chi connectivity index (χ0) is 30.1. The fourth-order valence-electron chi connectivity index (χ4n) is 5.54. The summed E-state index contributed by atoms with van der Waals surface area (Å²) in [6.07, 6.45) is 6.07. The molecular formula is C33H40BrN3O4S. The number of halogens is 1. The zero-order valence-corrected chi connectivity index (χ0v) is 26.7. The molecule has 0 aliphatic heterocycles. The Balaban J connectivity index is 1.59. The highest BCUT2D eigenvalue weighted by atomic mass is 79.9. The summed E-state index contributed by atoms with van der Waals surface area (Å²) in [6, 6.07) is 24.2. The topological polar surface area (TPSA) is 86.8 Å². The molecule has 0 aromatic heterocycles. The fourth-order valence-corrected chi connectivity index (χ4v) is 6.94. The summed E-state index contributed by atoms with van der Waals surface area (Å²) in [4.78, 5) is 29.5. The van der Waals surface area contributed by atoms with Gasteiger partial charge in [-0.2, -0.15) is 0 Å². The van der Waals surface area contributed by atoms with Crippen LogP contribution in [0.15, 0.2) is 83.3 Å². The summed E-state index contributed by atoms with van der Waals surface area (Å²) in [5.74, 6) is -0.332. The number of amides is 2. The molecule has 1 aliphatic rings. The van der Waals surface area contributed by atoms with Gasteiger partial charge in [-0.3, -0.25) is 13.9 Å². The molecule has 1 fully saturated rings. The summed E-state index contributed by atoms with van der Waals surface area (Å²) >= 11 is 3.53. The van der Waals surface area contributed by atoms with Crippen LogP contribution >= 0.6 is 15.9 Å². The second-order valence-corrected chi connectivity index (χ2v) is 13.9. The number of nitrogens with one attached hydrogen (secondary N) is 1. The third-order valence-electron chi connectivity index (χ3n) is 7.66. The van der Waals surface area contributed by atoms with Gasteiger partial charge in [0.1, 0.15) is 6.04 Å². The second-order valence-electron chi connectivity index (χ2n) is 11.1. The summed E-state index contributed by atoms with van der Waals surface area (Å²) in [5, 5.41) is 3.22. The van der Waals surface area contributed by atoms with E-state index in [1.54, 1.807) is 11.0 Å². The van der Waals surface area contributed by atoms with Gasteiger partial charge in [-0.15, -0.1) is 0 Å². The van der Waals surface area contributed by atoms with Gasteiger partial charge in [0.2, 0.25) is 21.8 Å². The van der Waals surface area contributed by atoms with E-state index in [1.807, 2.05) is 79.7 Å². The molecule has 0 bridgehead atoms. The lowest BCUT2D eigenvalue weighted by Gasteiger charge is -2.33. The van der Waals surface area contributed by atoms with Gasteiger partial charge in [0, 0.05) is 36.4 Å². The number of hydrogen-bond acceptors (Lipinski definition) is 4. The lowest BCUT2D eigenvalue weighted by Crippen LogP contribution is -2.52. The van der Waals surface area contributed by atoms with Gasteiger partial charge >= 0.3 is 0 Å². The van der Waals surface area contributed by atoms with Crippen molar-refractivity contribution >= 4 is 43.5 Å². The van der Waals surface area contributed by atoms with Crippen molar-refractivity contribution in [3.63, 3.8) is 0 Å². The molecule has 0 spiro atoms. The molecule has 1 N–H and O–H groups in total. The van der Waals surface area contributed by atoms with Crippen LogP contribution in [0.2, 0.25) is 0 Å². The van der Waals surface area contributed by atoms with Crippen molar-refractivity contribution in [2.45, 2.75) is 70.5 Å². The summed E-state index contributed by atoms with van der Waals surface area (Å²) in [5.41, 5.74) is 3.41. The Morgan fingerprint density at radius 1 is 0.952 bits per heavy atom. The Labute approximate surface area is 258 Å². The predicted molar refractivity (Wildman–Crippen MR) is 172 cm³/mol. The highest BCUT2D eigenvalue weighted by molar-refractivity contribution is 9.10. The molecule has 0 unspecified atom stereocenters. The SMILES string of the molecule is Cc1cccc(N(CCCC(=O)N(Cc2cccc(Br)c2)[C@@H](Cc2ccccc2)C(=O)NC2CCCC2)S(C)(=O)=O)c1. The maximum atomic E-state index is 14.0. The number of benzene rings is 3. The van der Waals surface area contributed by atoms with Crippen LogP contribution in [0.1, 0.15) is 55.2 Å². The van der Waals surface area contributed by atoms with Crippen LogP contribution in [0.3, 0.4) is 0 Å². The first-order valence-corrected chi connectivity index (χ1v) is 17.2. The van der Waals surface area contributed by atoms with Gasteiger partial charge in [-0.25, -0.2) is 8.42 Å². The average Bonchev–Trinajstić information content (AvgIpc) is 3.46. The number of anilines is 1. The number of sulfonamides is 1. The number of carbonyl (C=O) groups excluding carboxylic acids is 2. The molecule has 1 saturated carbocycles. The van der Waals surface area contributed by atoms with E-state index in [0.717, 1.165) is 46.8 Å². The quantitative estimate of drug-likeness (QED) is 0.245. The van der Waals surface area contributed by atoms with E-state index >= 15 is 0 Å². The largest absolute Gasteiger partial charge is 0.352 e. The molecule has 1 atom stereocenters. The fraction of sp³-hybridized carbons (Fsp3) is 0.394. The van der Waals surface area contributed by atoms with E-state index in [0.29, 0.717) is 18.5 Å². The Hall–Kier alpha value is -3.17. The van der Waals surface area contributed by atoms with E-state index < -0.39 is 16.1 Å². The van der Waals surface area contributed by atoms with E-state index in [-0.39, 0.29) is 37.4 Å². The smallest absolute Gasteiger partial charge is 0.243 e. The lowest BCUT2D eigenvalue weighted by molar-refractivity contribution is -0.141. The van der Waals surface area contributed by atoms with E-state index in [9.17, 15) is 18.0 Å². The average molecular weight is 655 g/mol. The van der Waals surface area contributed by atoms with Gasteiger partial charge < -0.3 is 10.2 Å². The zero-order valence-electron chi connectivity index (χ0n) is 24.3. The van der Waals surface area contributed by atoms with Crippen molar-refractivity contribution in [3.05, 3.63) is 100 Å². The van der Waals surface area contributed by atoms with E-state index in [2.05, 4.69) is 21.2 Å². The van der Waals surface area contributed by atoms with Crippen LogP contribution in [0, 0.1) is 6.92 Å². The number of nitrogens with zero attached hydrogens (tertiary/aromatic N) is 2. The molecule has 2 amide bonds. The third kappa shape index (κ3) is 9.16. The molecule has 9 heteroatoms. The van der Waals surface area contributed by atoms with Crippen LogP contribution < -0.4 is 9.62 Å². The van der Waals surface area contributed by atoms with E-state index in [4.69, 9.17) is 0 Å². The lowest BCUT2D eigenvalue weighted by atomic mass is 10.0. The first kappa shape index (κ1) is 31.8. The molecule has 1 aliphatic carbocycles. The molecule has 0 heterocycles. The molecule has 3 aromatic carbocycles. The highest BCUT2D eigenvalue weighted by Gasteiger charge is 2.32. The van der Waals surface area contributed by atoms with Crippen LogP contribution in [0.25, 0.3) is 0 Å². The summed E-state index contributed by atoms with van der Waals surface area (Å²) < 4.78 is 27.6. The first-order valence-electron chi connectivity index (χ1n) is 14.5. The van der Waals surface area contributed by atoms with Gasteiger partial charge in [0.25, 0.3) is 0 Å².